The molecule has 8 nitrogen and oxygen atoms in total. The van der Waals surface area contributed by atoms with Gasteiger partial charge in [0.1, 0.15) is 16.8 Å². The largest absolute Gasteiger partial charge is 0.484 e. The molecule has 1 heterocycles. The van der Waals surface area contributed by atoms with E-state index in [1.807, 2.05) is 37.3 Å². The van der Waals surface area contributed by atoms with E-state index in [-0.39, 0.29) is 17.6 Å². The van der Waals surface area contributed by atoms with E-state index in [1.165, 1.54) is 5.69 Å². The summed E-state index contributed by atoms with van der Waals surface area (Å²) in [6, 6.07) is 19.3. The van der Waals surface area contributed by atoms with Crippen LogP contribution in [0.2, 0.25) is 0 Å². The van der Waals surface area contributed by atoms with Gasteiger partial charge < -0.3 is 15.0 Å². The van der Waals surface area contributed by atoms with Crippen LogP contribution in [0, 0.1) is 13.8 Å². The Balaban J connectivity index is 1.46. The number of amides is 1. The molecule has 0 radical (unpaired) electrons. The third-order valence-corrected chi connectivity index (χ3v) is 6.07. The first-order valence-electron chi connectivity index (χ1n) is 11.9. The van der Waals surface area contributed by atoms with Crippen LogP contribution in [0.4, 0.5) is 11.4 Å². The molecule has 9 heteroatoms. The van der Waals surface area contributed by atoms with Crippen molar-refractivity contribution in [2.24, 2.45) is 0 Å². The van der Waals surface area contributed by atoms with Crippen LogP contribution < -0.4 is 20.3 Å². The molecule has 3 aromatic carbocycles. The first-order chi connectivity index (χ1) is 17.4. The van der Waals surface area contributed by atoms with Gasteiger partial charge >= 0.3 is 0 Å². The van der Waals surface area contributed by atoms with Gasteiger partial charge in [-0.2, -0.15) is 4.80 Å². The van der Waals surface area contributed by atoms with Gasteiger partial charge in [-0.05, 0) is 93.5 Å². The Labute approximate surface area is 216 Å². The number of hydrogen-bond donors (Lipinski definition) is 2. The summed E-state index contributed by atoms with van der Waals surface area (Å²) in [5, 5.41) is 15.3. The Morgan fingerprint density at radius 3 is 2.33 bits per heavy atom. The topological polar surface area (TPSA) is 84.3 Å². The number of anilines is 2. The summed E-state index contributed by atoms with van der Waals surface area (Å²) in [5.41, 5.74) is 6.38. The van der Waals surface area contributed by atoms with Crippen LogP contribution in [0.25, 0.3) is 16.7 Å². The van der Waals surface area contributed by atoms with Crippen molar-refractivity contribution in [3.8, 4) is 11.4 Å². The lowest BCUT2D eigenvalue weighted by atomic mass is 10.1. The lowest BCUT2D eigenvalue weighted by Gasteiger charge is -2.22. The Kier molecular flexibility index (Phi) is 7.80. The van der Waals surface area contributed by atoms with Crippen LogP contribution in [-0.2, 0) is 4.79 Å². The zero-order valence-corrected chi connectivity index (χ0v) is 21.7. The monoisotopic (exact) mass is 502 g/mol. The lowest BCUT2D eigenvalue weighted by Crippen LogP contribution is -2.37. The molecule has 186 valence electrons. The second-order valence-electron chi connectivity index (χ2n) is 8.39. The van der Waals surface area contributed by atoms with Gasteiger partial charge in [-0.25, -0.2) is 0 Å². The van der Waals surface area contributed by atoms with Crippen LogP contribution in [0.3, 0.4) is 0 Å². The van der Waals surface area contributed by atoms with Gasteiger partial charge in [0.15, 0.2) is 11.7 Å². The van der Waals surface area contributed by atoms with E-state index in [4.69, 9.17) is 22.1 Å². The summed E-state index contributed by atoms with van der Waals surface area (Å²) in [6.45, 7) is 10.1. The maximum Gasteiger partial charge on any atom is 0.264 e. The molecule has 4 aromatic rings. The maximum atomic E-state index is 12.2. The Hall–Kier alpha value is -3.98. The van der Waals surface area contributed by atoms with Crippen molar-refractivity contribution in [2.45, 2.75) is 27.7 Å². The summed E-state index contributed by atoms with van der Waals surface area (Å²) in [5.74, 6) is 0.276. The van der Waals surface area contributed by atoms with E-state index in [2.05, 4.69) is 59.6 Å². The number of hydrogen-bond acceptors (Lipinski definition) is 6. The third-order valence-electron chi connectivity index (χ3n) is 5.87. The number of carbonyl (C=O) groups is 1. The van der Waals surface area contributed by atoms with Crippen LogP contribution in [-0.4, -0.2) is 45.7 Å². The van der Waals surface area contributed by atoms with E-state index in [1.54, 1.807) is 16.9 Å². The minimum absolute atomic E-state index is 0.134. The molecule has 0 aliphatic heterocycles. The van der Waals surface area contributed by atoms with Crippen LogP contribution in [0.5, 0.6) is 5.75 Å². The molecule has 36 heavy (non-hydrogen) atoms. The molecule has 0 bridgehead atoms. The average Bonchev–Trinajstić information content (AvgIpc) is 3.26. The number of nitrogens with zero attached hydrogens (tertiary/aromatic N) is 4. The Morgan fingerprint density at radius 1 is 0.972 bits per heavy atom. The minimum atomic E-state index is -0.343. The molecule has 0 aliphatic rings. The highest BCUT2D eigenvalue weighted by molar-refractivity contribution is 7.80. The molecule has 1 aromatic heterocycles. The molecule has 4 rings (SSSR count). The van der Waals surface area contributed by atoms with Crippen molar-refractivity contribution < 1.29 is 9.53 Å². The number of thiocarbonyl (C=S) groups is 1. The number of aryl methyl sites for hydroxylation is 2. The predicted octanol–water partition coefficient (Wildman–Crippen LogP) is 4.78. The fourth-order valence-corrected chi connectivity index (χ4v) is 4.17. The van der Waals surface area contributed by atoms with Crippen molar-refractivity contribution in [3.05, 3.63) is 71.8 Å². The number of aromatic nitrogens is 3. The SMILES string of the molecule is CCN(CC)c1ccc(-n2nc3cc(C)c(NC(=S)NC(=O)COc4ccccc4)cc3n2)c(C)c1. The van der Waals surface area contributed by atoms with Gasteiger partial charge in [-0.3, -0.25) is 10.1 Å². The molecule has 0 aliphatic carbocycles. The van der Waals surface area contributed by atoms with Crippen LogP contribution in [0.15, 0.2) is 60.7 Å². The van der Waals surface area contributed by atoms with Crippen molar-refractivity contribution >= 4 is 45.6 Å². The maximum absolute atomic E-state index is 12.2. The van der Waals surface area contributed by atoms with Crippen LogP contribution >= 0.6 is 12.2 Å². The zero-order chi connectivity index (χ0) is 25.7. The van der Waals surface area contributed by atoms with Crippen molar-refractivity contribution in [1.82, 2.24) is 20.3 Å². The number of para-hydroxylation sites is 1. The number of fused-ring (bicyclic) bond motifs is 1. The van der Waals surface area contributed by atoms with Gasteiger partial charge in [0.25, 0.3) is 5.91 Å². The minimum Gasteiger partial charge on any atom is -0.484 e. The van der Waals surface area contributed by atoms with Gasteiger partial charge in [-0.15, -0.1) is 10.2 Å². The summed E-state index contributed by atoms with van der Waals surface area (Å²) in [7, 11) is 0. The molecule has 0 fully saturated rings. The van der Waals surface area contributed by atoms with Crippen molar-refractivity contribution in [2.75, 3.05) is 29.9 Å². The highest BCUT2D eigenvalue weighted by Gasteiger charge is 2.13. The summed E-state index contributed by atoms with van der Waals surface area (Å²) >= 11 is 5.33. The highest BCUT2D eigenvalue weighted by Crippen LogP contribution is 2.25. The molecule has 0 atom stereocenters. The van der Waals surface area contributed by atoms with E-state index >= 15 is 0 Å². The first-order valence-corrected chi connectivity index (χ1v) is 12.3. The van der Waals surface area contributed by atoms with E-state index in [9.17, 15) is 4.79 Å². The number of carbonyl (C=O) groups excluding carboxylic acids is 1. The standard InChI is InChI=1S/C27H30N6O2S/c1-5-32(6-2)20-12-13-25(19(4)14-20)33-30-23-15-18(3)22(16-24(23)31-33)28-27(36)29-26(34)17-35-21-10-8-7-9-11-21/h7-16H,5-6,17H2,1-4H3,(H2,28,29,34,36). The summed E-state index contributed by atoms with van der Waals surface area (Å²) in [4.78, 5) is 16.2. The van der Waals surface area contributed by atoms with Gasteiger partial charge in [0.2, 0.25) is 0 Å². The quantitative estimate of drug-likeness (QED) is 0.336. The Morgan fingerprint density at radius 2 is 1.67 bits per heavy atom. The van der Waals surface area contributed by atoms with E-state index in [0.29, 0.717) is 5.75 Å². The predicted molar refractivity (Wildman–Crippen MR) is 148 cm³/mol. The normalized spacial score (nSPS) is 10.8. The highest BCUT2D eigenvalue weighted by atomic mass is 32.1. The second-order valence-corrected chi connectivity index (χ2v) is 8.80. The number of ether oxygens (including phenoxy) is 1. The molecule has 0 saturated carbocycles. The number of benzene rings is 3. The van der Waals surface area contributed by atoms with Crippen molar-refractivity contribution in [3.63, 3.8) is 0 Å². The fraction of sp³-hybridized carbons (Fsp3) is 0.259. The molecular weight excluding hydrogens is 472 g/mol. The third kappa shape index (κ3) is 5.80. The zero-order valence-electron chi connectivity index (χ0n) is 20.9. The van der Waals surface area contributed by atoms with Gasteiger partial charge in [0.05, 0.1) is 5.69 Å². The summed E-state index contributed by atoms with van der Waals surface area (Å²) < 4.78 is 5.46. The summed E-state index contributed by atoms with van der Waals surface area (Å²) in [6.07, 6.45) is 0. The molecule has 2 N–H and O–H groups in total. The van der Waals surface area contributed by atoms with Crippen molar-refractivity contribution in [1.29, 1.82) is 0 Å². The smallest absolute Gasteiger partial charge is 0.264 e. The number of rotatable bonds is 8. The molecule has 0 saturated heterocycles. The number of nitrogens with one attached hydrogen (secondary N) is 2. The molecular formula is C27H30N6O2S. The Bertz CT molecular complexity index is 1380. The lowest BCUT2D eigenvalue weighted by molar-refractivity contribution is -0.121. The second kappa shape index (κ2) is 11.2. The first kappa shape index (κ1) is 25.1. The van der Waals surface area contributed by atoms with Gasteiger partial charge in [-0.1, -0.05) is 18.2 Å². The molecule has 0 spiro atoms. The van der Waals surface area contributed by atoms with Crippen LogP contribution in [0.1, 0.15) is 25.0 Å². The van der Waals surface area contributed by atoms with Gasteiger partial charge in [0, 0.05) is 24.5 Å². The molecule has 1 amide bonds. The average molecular weight is 503 g/mol. The molecule has 0 unspecified atom stereocenters. The fourth-order valence-electron chi connectivity index (χ4n) is 3.94. The van der Waals surface area contributed by atoms with E-state index < -0.39 is 0 Å². The van der Waals surface area contributed by atoms with E-state index in [0.717, 1.165) is 46.6 Å².